The van der Waals surface area contributed by atoms with Gasteiger partial charge in [-0.15, -0.1) is 6.61 Å². The normalized spacial score (nSPS) is 7.60. The minimum atomic E-state index is 0. The maximum Gasteiger partial charge on any atom is -0.0809 e. The van der Waals surface area contributed by atoms with Crippen LogP contribution in [0, 0.1) is 0 Å². The first-order valence-electron chi connectivity index (χ1n) is 4.23. The van der Waals surface area contributed by atoms with E-state index >= 15 is 0 Å². The molecular weight excluding hydrogens is 139 g/mol. The Bertz CT molecular complexity index is 36.2. The van der Waals surface area contributed by atoms with Crippen LogP contribution in [-0.4, -0.2) is 21.8 Å². The summed E-state index contributed by atoms with van der Waals surface area (Å²) in [6.07, 6.45) is 2.80. The maximum atomic E-state index is 8.93. The van der Waals surface area contributed by atoms with Gasteiger partial charge < -0.3 is 5.11 Å². The molecule has 0 atom stereocenters. The molecule has 0 fully saturated rings. The first-order valence-corrected chi connectivity index (χ1v) is 5.86. The van der Waals surface area contributed by atoms with Gasteiger partial charge in [-0.05, 0) is 0 Å². The quantitative estimate of drug-likeness (QED) is 0.451. The number of rotatable bonds is 4. The standard InChI is InChI=1S/2C3H7.C2H5O.Al/c2*1-3-2;1-2-3;/h2*1,3H2,2H3;2H2,1H3;/q;;-1;+1. The van der Waals surface area contributed by atoms with Crippen molar-refractivity contribution < 1.29 is 5.11 Å². The van der Waals surface area contributed by atoms with Crippen molar-refractivity contribution in [2.45, 2.75) is 44.2 Å². The van der Waals surface area contributed by atoms with E-state index in [0.717, 1.165) is 15.2 Å². The summed E-state index contributed by atoms with van der Waals surface area (Å²) in [6.45, 7) is 6.10. The second-order valence-electron chi connectivity index (χ2n) is 2.15. The molecule has 2 heteroatoms. The Labute approximate surface area is 71.5 Å². The molecule has 0 bridgehead atoms. The van der Waals surface area contributed by atoms with Gasteiger partial charge in [0.15, 0.2) is 0 Å². The molecule has 0 N–H and O–H groups in total. The molecule has 1 nitrogen and oxygen atoms in total. The summed E-state index contributed by atoms with van der Waals surface area (Å²) < 4.78 is 0. The van der Waals surface area contributed by atoms with Crippen LogP contribution in [0.4, 0.5) is 0 Å². The summed E-state index contributed by atoms with van der Waals surface area (Å²) in [6, 6.07) is 0. The second kappa shape index (κ2) is 16.2. The van der Waals surface area contributed by atoms with Crippen LogP contribution in [-0.2, 0) is 0 Å². The van der Waals surface area contributed by atoms with Crippen LogP contribution in [0.5, 0.6) is 0 Å². The van der Waals surface area contributed by atoms with E-state index in [-0.39, 0.29) is 6.61 Å². The summed E-state index contributed by atoms with van der Waals surface area (Å²) in [5, 5.41) is 11.9. The van der Waals surface area contributed by atoms with E-state index in [4.69, 9.17) is 5.11 Å². The molecule has 0 saturated heterocycles. The molecule has 0 unspecified atom stereocenters. The SMILES string of the molecule is CC[CH2][Al+][CH2]CC.CC[O-]. The van der Waals surface area contributed by atoms with Gasteiger partial charge >= 0.3 is 52.5 Å². The van der Waals surface area contributed by atoms with E-state index in [2.05, 4.69) is 13.8 Å². The maximum absolute atomic E-state index is 8.93. The molecule has 0 aliphatic heterocycles. The molecule has 0 spiro atoms. The number of hydrogen-bond donors (Lipinski definition) is 0. The van der Waals surface area contributed by atoms with Gasteiger partial charge in [0.25, 0.3) is 0 Å². The van der Waals surface area contributed by atoms with E-state index in [1.54, 1.807) is 6.92 Å². The van der Waals surface area contributed by atoms with Crippen LogP contribution in [0.1, 0.15) is 33.6 Å². The van der Waals surface area contributed by atoms with E-state index in [1.807, 2.05) is 0 Å². The summed E-state index contributed by atoms with van der Waals surface area (Å²) in [5.41, 5.74) is 0. The fraction of sp³-hybridized carbons (Fsp3) is 1.00. The first kappa shape index (κ1) is 13.1. The predicted molar refractivity (Wildman–Crippen MR) is 46.5 cm³/mol. The molecule has 0 aliphatic carbocycles. The molecule has 0 aromatic rings. The minimum absolute atomic E-state index is 0. The van der Waals surface area contributed by atoms with Gasteiger partial charge in [0.05, 0.1) is 0 Å². The third-order valence-electron chi connectivity index (χ3n) is 0.986. The van der Waals surface area contributed by atoms with Crippen molar-refractivity contribution in [3.8, 4) is 0 Å². The van der Waals surface area contributed by atoms with E-state index in [0.29, 0.717) is 0 Å². The Kier molecular flexibility index (Phi) is 21.3. The summed E-state index contributed by atoms with van der Waals surface area (Å²) >= 11 is 0.822. The van der Waals surface area contributed by atoms with Gasteiger partial charge in [-0.2, -0.15) is 0 Å². The molecule has 0 saturated carbocycles. The summed E-state index contributed by atoms with van der Waals surface area (Å²) in [5.74, 6) is 0. The van der Waals surface area contributed by atoms with Crippen molar-refractivity contribution >= 4 is 15.2 Å². The van der Waals surface area contributed by atoms with Crippen LogP contribution in [0.25, 0.3) is 0 Å². The van der Waals surface area contributed by atoms with Crippen LogP contribution in [0.15, 0.2) is 0 Å². The topological polar surface area (TPSA) is 23.1 Å². The number of hydrogen-bond acceptors (Lipinski definition) is 1. The van der Waals surface area contributed by atoms with Crippen molar-refractivity contribution in [1.29, 1.82) is 0 Å². The summed E-state index contributed by atoms with van der Waals surface area (Å²) in [4.78, 5) is 0. The predicted octanol–water partition coefficient (Wildman–Crippen LogP) is 1.71. The zero-order valence-electron chi connectivity index (χ0n) is 7.52. The third kappa shape index (κ3) is 23.6. The van der Waals surface area contributed by atoms with E-state index in [1.165, 1.54) is 23.4 Å². The van der Waals surface area contributed by atoms with E-state index < -0.39 is 0 Å². The monoisotopic (exact) mass is 158 g/mol. The van der Waals surface area contributed by atoms with Crippen molar-refractivity contribution in [2.24, 2.45) is 0 Å². The molecule has 0 rings (SSSR count). The Morgan fingerprint density at radius 2 is 1.30 bits per heavy atom. The van der Waals surface area contributed by atoms with Gasteiger partial charge in [-0.25, -0.2) is 0 Å². The second-order valence-corrected chi connectivity index (χ2v) is 3.89. The average molecular weight is 158 g/mol. The summed E-state index contributed by atoms with van der Waals surface area (Å²) in [7, 11) is 0. The first-order chi connectivity index (χ1) is 4.83. The molecule has 0 aromatic heterocycles. The van der Waals surface area contributed by atoms with Crippen molar-refractivity contribution in [3.63, 3.8) is 0 Å². The molecule has 0 aliphatic rings. The Morgan fingerprint density at radius 1 is 1.00 bits per heavy atom. The molecule has 0 radical (unpaired) electrons. The van der Waals surface area contributed by atoms with E-state index in [9.17, 15) is 0 Å². The molecule has 0 amide bonds. The van der Waals surface area contributed by atoms with Crippen LogP contribution < -0.4 is 5.11 Å². The van der Waals surface area contributed by atoms with Gasteiger partial charge in [0.2, 0.25) is 0 Å². The minimum Gasteiger partial charge on any atom is -0.855 e. The van der Waals surface area contributed by atoms with Crippen LogP contribution in [0.2, 0.25) is 10.6 Å². The van der Waals surface area contributed by atoms with Crippen molar-refractivity contribution in [1.82, 2.24) is 0 Å². The van der Waals surface area contributed by atoms with Gasteiger partial charge in [0.1, 0.15) is 0 Å². The fourth-order valence-electron chi connectivity index (χ4n) is 0.553. The van der Waals surface area contributed by atoms with Crippen LogP contribution in [0.3, 0.4) is 0 Å². The van der Waals surface area contributed by atoms with Crippen LogP contribution >= 0.6 is 0 Å². The molecule has 10 heavy (non-hydrogen) atoms. The molecule has 60 valence electrons. The zero-order valence-corrected chi connectivity index (χ0v) is 8.68. The Morgan fingerprint density at radius 3 is 1.50 bits per heavy atom. The largest absolute Gasteiger partial charge is 0.855 e. The fourth-order valence-corrected chi connectivity index (χ4v) is 1.66. The third-order valence-corrected chi connectivity index (χ3v) is 2.96. The molecule has 0 heterocycles. The Hall–Kier alpha value is 0.492. The Balaban J connectivity index is 0. The van der Waals surface area contributed by atoms with Gasteiger partial charge in [0, 0.05) is 0 Å². The smallest absolute Gasteiger partial charge is 0.0809 e. The zero-order chi connectivity index (χ0) is 8.24. The van der Waals surface area contributed by atoms with Crippen molar-refractivity contribution in [2.75, 3.05) is 6.61 Å². The molecule has 0 aromatic carbocycles. The van der Waals surface area contributed by atoms with Gasteiger partial charge in [-0.3, -0.25) is 0 Å². The average Bonchev–Trinajstić information content (AvgIpc) is 1.91. The molecular formula is C8H19AlO. The van der Waals surface area contributed by atoms with Gasteiger partial charge in [-0.1, -0.05) is 6.92 Å². The van der Waals surface area contributed by atoms with Crippen molar-refractivity contribution in [3.05, 3.63) is 0 Å².